The number of hydrogen-bond acceptors (Lipinski definition) is 2. The van der Waals surface area contributed by atoms with Crippen LogP contribution in [0.1, 0.15) is 18.1 Å². The predicted molar refractivity (Wildman–Crippen MR) is 89.0 cm³/mol. The molecule has 0 heterocycles. The maximum Gasteiger partial charge on any atom is 0.244 e. The average molecular weight is 296 g/mol. The van der Waals surface area contributed by atoms with Crippen LogP contribution < -0.4 is 10.2 Å². The summed E-state index contributed by atoms with van der Waals surface area (Å²) in [5.41, 5.74) is 3.52. The summed E-state index contributed by atoms with van der Waals surface area (Å²) in [6.07, 6.45) is 0. The van der Waals surface area contributed by atoms with E-state index in [1.165, 1.54) is 11.8 Å². The summed E-state index contributed by atoms with van der Waals surface area (Å²) < 4.78 is 0. The number of nitrogens with one attached hydrogen (secondary N) is 1. The van der Waals surface area contributed by atoms with Crippen LogP contribution in [-0.2, 0) is 9.59 Å². The molecule has 0 aliphatic heterocycles. The number of nitrogens with zero attached hydrogens (tertiary/aromatic N) is 1. The Morgan fingerprint density at radius 2 is 1.77 bits per heavy atom. The van der Waals surface area contributed by atoms with Crippen LogP contribution in [0.15, 0.2) is 48.5 Å². The molecule has 0 aliphatic rings. The van der Waals surface area contributed by atoms with E-state index in [9.17, 15) is 9.59 Å². The molecule has 2 aromatic rings. The molecule has 1 N–H and O–H groups in total. The summed E-state index contributed by atoms with van der Waals surface area (Å²) >= 11 is 0. The average Bonchev–Trinajstić information content (AvgIpc) is 2.45. The monoisotopic (exact) mass is 296 g/mol. The molecule has 0 aromatic heterocycles. The molecule has 0 bridgehead atoms. The van der Waals surface area contributed by atoms with Gasteiger partial charge in [0.05, 0.1) is 0 Å². The Balaban J connectivity index is 2.13. The molecule has 0 atom stereocenters. The second-order valence-electron chi connectivity index (χ2n) is 5.31. The number of amides is 2. The molecule has 4 heteroatoms. The van der Waals surface area contributed by atoms with Crippen molar-refractivity contribution in [3.8, 4) is 0 Å². The van der Waals surface area contributed by atoms with Crippen molar-refractivity contribution in [1.29, 1.82) is 0 Å². The molecule has 2 aromatic carbocycles. The highest BCUT2D eigenvalue weighted by Gasteiger charge is 2.17. The van der Waals surface area contributed by atoms with Gasteiger partial charge in [-0.05, 0) is 43.2 Å². The molecule has 4 nitrogen and oxygen atoms in total. The second-order valence-corrected chi connectivity index (χ2v) is 5.31. The quantitative estimate of drug-likeness (QED) is 0.941. The van der Waals surface area contributed by atoms with Crippen molar-refractivity contribution in [3.05, 3.63) is 59.7 Å². The maximum absolute atomic E-state index is 12.2. The topological polar surface area (TPSA) is 49.4 Å². The molecule has 0 radical (unpaired) electrons. The molecule has 2 amide bonds. The molecule has 0 unspecified atom stereocenters. The fraction of sp³-hybridized carbons (Fsp3) is 0.222. The molecule has 0 spiro atoms. The number of para-hydroxylation sites is 1. The van der Waals surface area contributed by atoms with Gasteiger partial charge in [-0.15, -0.1) is 0 Å². The Hall–Kier alpha value is -2.62. The fourth-order valence-corrected chi connectivity index (χ4v) is 2.30. The van der Waals surface area contributed by atoms with E-state index in [0.29, 0.717) is 0 Å². The normalized spacial score (nSPS) is 10.1. The number of aryl methyl sites for hydroxylation is 2. The van der Waals surface area contributed by atoms with Gasteiger partial charge in [-0.1, -0.05) is 30.3 Å². The Morgan fingerprint density at radius 1 is 1.05 bits per heavy atom. The van der Waals surface area contributed by atoms with E-state index in [1.807, 2.05) is 62.4 Å². The Kier molecular flexibility index (Phi) is 4.94. The minimum Gasteiger partial charge on any atom is -0.325 e. The van der Waals surface area contributed by atoms with Crippen molar-refractivity contribution in [2.75, 3.05) is 16.8 Å². The van der Waals surface area contributed by atoms with E-state index in [1.54, 1.807) is 0 Å². The van der Waals surface area contributed by atoms with Gasteiger partial charge in [-0.3, -0.25) is 9.59 Å². The summed E-state index contributed by atoms with van der Waals surface area (Å²) in [6.45, 7) is 5.34. The van der Waals surface area contributed by atoms with Crippen LogP contribution in [0.3, 0.4) is 0 Å². The van der Waals surface area contributed by atoms with Gasteiger partial charge >= 0.3 is 0 Å². The lowest BCUT2D eigenvalue weighted by atomic mass is 10.1. The Bertz CT molecular complexity index is 695. The van der Waals surface area contributed by atoms with Crippen LogP contribution >= 0.6 is 0 Å². The van der Waals surface area contributed by atoms with Crippen LogP contribution in [-0.4, -0.2) is 18.4 Å². The lowest BCUT2D eigenvalue weighted by Gasteiger charge is -2.22. The fourth-order valence-electron chi connectivity index (χ4n) is 2.30. The van der Waals surface area contributed by atoms with E-state index in [-0.39, 0.29) is 18.4 Å². The van der Waals surface area contributed by atoms with Crippen molar-refractivity contribution in [2.24, 2.45) is 0 Å². The standard InChI is InChI=1S/C18H20N2O2/c1-13-7-6-9-16(11-13)19-18(22)12-20(15(3)21)17-10-5-4-8-14(17)2/h4-11H,12H2,1-3H3,(H,19,22). The van der Waals surface area contributed by atoms with Gasteiger partial charge in [0.25, 0.3) is 0 Å². The smallest absolute Gasteiger partial charge is 0.244 e. The summed E-state index contributed by atoms with van der Waals surface area (Å²) in [6, 6.07) is 15.1. The van der Waals surface area contributed by atoms with Crippen LogP contribution in [0.5, 0.6) is 0 Å². The van der Waals surface area contributed by atoms with Crippen LogP contribution in [0, 0.1) is 13.8 Å². The van der Waals surface area contributed by atoms with Gasteiger partial charge in [-0.2, -0.15) is 0 Å². The number of rotatable bonds is 4. The van der Waals surface area contributed by atoms with Gasteiger partial charge < -0.3 is 10.2 Å². The first-order chi connectivity index (χ1) is 10.5. The maximum atomic E-state index is 12.2. The lowest BCUT2D eigenvalue weighted by molar-refractivity contribution is -0.120. The zero-order valence-electron chi connectivity index (χ0n) is 13.1. The van der Waals surface area contributed by atoms with Crippen molar-refractivity contribution in [1.82, 2.24) is 0 Å². The molecular weight excluding hydrogens is 276 g/mol. The van der Waals surface area contributed by atoms with E-state index < -0.39 is 0 Å². The number of anilines is 2. The summed E-state index contributed by atoms with van der Waals surface area (Å²) in [4.78, 5) is 25.6. The first-order valence-electron chi connectivity index (χ1n) is 7.17. The van der Waals surface area contributed by atoms with Gasteiger partial charge in [0, 0.05) is 18.3 Å². The highest BCUT2D eigenvalue weighted by molar-refractivity contribution is 6.02. The SMILES string of the molecule is CC(=O)N(CC(=O)Nc1cccc(C)c1)c1ccccc1C. The largest absolute Gasteiger partial charge is 0.325 e. The first kappa shape index (κ1) is 15.8. The summed E-state index contributed by atoms with van der Waals surface area (Å²) in [5.74, 6) is -0.377. The first-order valence-corrected chi connectivity index (χ1v) is 7.17. The van der Waals surface area contributed by atoms with Crippen LogP contribution in [0.2, 0.25) is 0 Å². The Labute approximate surface area is 130 Å². The molecule has 2 rings (SSSR count). The molecular formula is C18H20N2O2. The minimum atomic E-state index is -0.218. The van der Waals surface area contributed by atoms with E-state index in [2.05, 4.69) is 5.32 Å². The molecule has 0 aliphatic carbocycles. The molecule has 0 saturated carbocycles. The minimum absolute atomic E-state index is 0.00582. The molecule has 0 saturated heterocycles. The van der Waals surface area contributed by atoms with E-state index >= 15 is 0 Å². The van der Waals surface area contributed by atoms with Crippen molar-refractivity contribution in [3.63, 3.8) is 0 Å². The lowest BCUT2D eigenvalue weighted by Crippen LogP contribution is -2.37. The number of hydrogen-bond donors (Lipinski definition) is 1. The van der Waals surface area contributed by atoms with Gasteiger partial charge in [-0.25, -0.2) is 0 Å². The predicted octanol–water partition coefficient (Wildman–Crippen LogP) is 3.30. The third kappa shape index (κ3) is 3.95. The third-order valence-electron chi connectivity index (χ3n) is 3.39. The highest BCUT2D eigenvalue weighted by Crippen LogP contribution is 2.19. The summed E-state index contributed by atoms with van der Waals surface area (Å²) in [5, 5.41) is 2.82. The van der Waals surface area contributed by atoms with Gasteiger partial charge in [0.1, 0.15) is 6.54 Å². The van der Waals surface area contributed by atoms with Gasteiger partial charge in [0.15, 0.2) is 0 Å². The third-order valence-corrected chi connectivity index (χ3v) is 3.39. The zero-order chi connectivity index (χ0) is 16.1. The summed E-state index contributed by atoms with van der Waals surface area (Å²) in [7, 11) is 0. The van der Waals surface area contributed by atoms with E-state index in [0.717, 1.165) is 22.5 Å². The van der Waals surface area contributed by atoms with Crippen molar-refractivity contribution < 1.29 is 9.59 Å². The van der Waals surface area contributed by atoms with Crippen LogP contribution in [0.25, 0.3) is 0 Å². The van der Waals surface area contributed by atoms with E-state index in [4.69, 9.17) is 0 Å². The second kappa shape index (κ2) is 6.89. The van der Waals surface area contributed by atoms with Crippen molar-refractivity contribution >= 4 is 23.2 Å². The van der Waals surface area contributed by atoms with Crippen LogP contribution in [0.4, 0.5) is 11.4 Å². The Morgan fingerprint density at radius 3 is 2.41 bits per heavy atom. The number of carbonyl (C=O) groups is 2. The molecule has 0 fully saturated rings. The highest BCUT2D eigenvalue weighted by atomic mass is 16.2. The number of benzene rings is 2. The number of carbonyl (C=O) groups excluding carboxylic acids is 2. The van der Waals surface area contributed by atoms with Gasteiger partial charge in [0.2, 0.25) is 11.8 Å². The van der Waals surface area contributed by atoms with Crippen molar-refractivity contribution in [2.45, 2.75) is 20.8 Å². The molecule has 114 valence electrons. The zero-order valence-corrected chi connectivity index (χ0v) is 13.1. The molecule has 22 heavy (non-hydrogen) atoms.